The lowest BCUT2D eigenvalue weighted by Gasteiger charge is -2.09. The molecule has 154 valence electrons. The summed E-state index contributed by atoms with van der Waals surface area (Å²) in [5.41, 5.74) is -1.07. The highest BCUT2D eigenvalue weighted by Crippen LogP contribution is 2.38. The number of alkyl halides is 3. The van der Waals surface area contributed by atoms with Gasteiger partial charge < -0.3 is 18.9 Å². The highest BCUT2D eigenvalue weighted by molar-refractivity contribution is 7.98. The first-order chi connectivity index (χ1) is 13.7. The van der Waals surface area contributed by atoms with E-state index in [0.29, 0.717) is 34.6 Å². The van der Waals surface area contributed by atoms with E-state index in [2.05, 4.69) is 15.0 Å². The van der Waals surface area contributed by atoms with Crippen molar-refractivity contribution < 1.29 is 27.1 Å². The molecule has 0 saturated heterocycles. The van der Waals surface area contributed by atoms with Crippen LogP contribution < -0.4 is 15.0 Å². The van der Waals surface area contributed by atoms with E-state index in [1.54, 1.807) is 25.1 Å². The lowest BCUT2D eigenvalue weighted by Crippen LogP contribution is -2.16. The fourth-order valence-corrected chi connectivity index (χ4v) is 3.40. The normalized spacial score (nSPS) is 11.5. The van der Waals surface area contributed by atoms with Crippen LogP contribution in [0, 0.1) is 6.92 Å². The van der Waals surface area contributed by atoms with Crippen LogP contribution in [0.2, 0.25) is 0 Å². The Hall–Kier alpha value is -2.95. The van der Waals surface area contributed by atoms with E-state index in [4.69, 9.17) is 13.9 Å². The monoisotopic (exact) mass is 427 g/mol. The second kappa shape index (κ2) is 8.19. The van der Waals surface area contributed by atoms with Crippen LogP contribution in [-0.2, 0) is 11.9 Å². The summed E-state index contributed by atoms with van der Waals surface area (Å²) in [5, 5.41) is -0.160. The topological polar surface area (TPSA) is 90.2 Å². The fourth-order valence-electron chi connectivity index (χ4n) is 2.52. The molecule has 0 spiro atoms. The predicted octanol–water partition coefficient (Wildman–Crippen LogP) is 4.06. The number of H-pyrrole nitrogens is 1. The summed E-state index contributed by atoms with van der Waals surface area (Å²) in [5.74, 6) is 1.85. The second-order valence-corrected chi connectivity index (χ2v) is 6.75. The molecule has 0 saturated carbocycles. The Morgan fingerprint density at radius 2 is 1.97 bits per heavy atom. The number of hydrogen-bond acceptors (Lipinski definition) is 7. The largest absolute Gasteiger partial charge is 0.493 e. The van der Waals surface area contributed by atoms with Gasteiger partial charge >= 0.3 is 6.18 Å². The van der Waals surface area contributed by atoms with Crippen molar-refractivity contribution >= 4 is 11.8 Å². The van der Waals surface area contributed by atoms with Crippen LogP contribution in [0.15, 0.2) is 38.6 Å². The third-order valence-corrected chi connectivity index (χ3v) is 4.77. The van der Waals surface area contributed by atoms with E-state index in [0.717, 1.165) is 11.8 Å². The summed E-state index contributed by atoms with van der Waals surface area (Å²) in [4.78, 5) is 21.6. The maximum Gasteiger partial charge on any atom is 0.433 e. The molecule has 3 rings (SSSR count). The number of hydrogen-bond donors (Lipinski definition) is 1. The third kappa shape index (κ3) is 4.56. The molecular weight excluding hydrogens is 411 g/mol. The molecule has 0 radical (unpaired) electrons. The van der Waals surface area contributed by atoms with Crippen molar-refractivity contribution in [1.29, 1.82) is 0 Å². The summed E-state index contributed by atoms with van der Waals surface area (Å²) in [6, 6.07) is 5.64. The number of aromatic amines is 1. The molecule has 0 fully saturated rings. The Bertz CT molecular complexity index is 1080. The van der Waals surface area contributed by atoms with E-state index < -0.39 is 17.4 Å². The molecule has 7 nitrogen and oxygen atoms in total. The number of para-hydroxylation sites is 1. The number of halogens is 3. The number of ether oxygens (including phenoxy) is 2. The molecule has 0 aliphatic rings. The van der Waals surface area contributed by atoms with Gasteiger partial charge in [-0.05, 0) is 19.1 Å². The zero-order valence-electron chi connectivity index (χ0n) is 15.6. The molecule has 2 aromatic heterocycles. The number of methoxy groups -OCH3 is 2. The molecule has 0 aliphatic carbocycles. The smallest absolute Gasteiger partial charge is 0.433 e. The Balaban J connectivity index is 1.86. The van der Waals surface area contributed by atoms with E-state index in [1.165, 1.54) is 14.2 Å². The molecule has 0 amide bonds. The summed E-state index contributed by atoms with van der Waals surface area (Å²) in [7, 11) is 3.00. The molecule has 1 N–H and O–H groups in total. The summed E-state index contributed by atoms with van der Waals surface area (Å²) < 4.78 is 54.8. The first-order valence-corrected chi connectivity index (χ1v) is 9.20. The van der Waals surface area contributed by atoms with Crippen LogP contribution in [0.1, 0.15) is 17.1 Å². The number of aryl methyl sites for hydroxylation is 1. The van der Waals surface area contributed by atoms with Crippen LogP contribution in [0.5, 0.6) is 11.5 Å². The first kappa shape index (κ1) is 20.8. The molecule has 1 aromatic carbocycles. The molecule has 0 atom stereocenters. The predicted molar refractivity (Wildman–Crippen MR) is 99.2 cm³/mol. The van der Waals surface area contributed by atoms with Crippen molar-refractivity contribution in [2.45, 2.75) is 24.0 Å². The Morgan fingerprint density at radius 3 is 2.62 bits per heavy atom. The number of nitrogens with zero attached hydrogens (tertiary/aromatic N) is 2. The van der Waals surface area contributed by atoms with Crippen molar-refractivity contribution in [3.8, 4) is 23.0 Å². The van der Waals surface area contributed by atoms with Gasteiger partial charge in [0.1, 0.15) is 5.76 Å². The number of aromatic nitrogens is 3. The molecule has 3 aromatic rings. The van der Waals surface area contributed by atoms with E-state index >= 15 is 0 Å². The molecular formula is C18H16F3N3O4S. The highest BCUT2D eigenvalue weighted by atomic mass is 32.2. The number of nitrogens with one attached hydrogen (secondary N) is 1. The van der Waals surface area contributed by atoms with Gasteiger partial charge in [0.05, 0.1) is 25.5 Å². The molecule has 0 unspecified atom stereocenters. The number of benzene rings is 1. The van der Waals surface area contributed by atoms with E-state index in [9.17, 15) is 18.0 Å². The molecule has 11 heteroatoms. The minimum Gasteiger partial charge on any atom is -0.493 e. The standard InChI is InChI=1S/C18H16F3N3O4S/c1-9-11(8-29-17-23-13(18(19,20)21)7-14(25)24-17)22-16(28-9)10-5-4-6-12(26-2)15(10)27-3/h4-7H,8H2,1-3H3,(H,23,24,25). The third-order valence-electron chi connectivity index (χ3n) is 3.88. The van der Waals surface area contributed by atoms with Crippen molar-refractivity contribution in [3.05, 3.63) is 51.8 Å². The van der Waals surface area contributed by atoms with Gasteiger partial charge in [0.2, 0.25) is 5.89 Å². The van der Waals surface area contributed by atoms with Gasteiger partial charge in [0.15, 0.2) is 22.3 Å². The van der Waals surface area contributed by atoms with Crippen LogP contribution in [0.25, 0.3) is 11.5 Å². The number of rotatable bonds is 6. The molecule has 29 heavy (non-hydrogen) atoms. The molecule has 2 heterocycles. The molecule has 0 aliphatic heterocycles. The fraction of sp³-hybridized carbons (Fsp3) is 0.278. The van der Waals surface area contributed by atoms with Gasteiger partial charge in [-0.3, -0.25) is 4.79 Å². The van der Waals surface area contributed by atoms with Gasteiger partial charge in [-0.15, -0.1) is 0 Å². The minimum atomic E-state index is -4.70. The van der Waals surface area contributed by atoms with Crippen LogP contribution in [0.4, 0.5) is 13.2 Å². The van der Waals surface area contributed by atoms with Gasteiger partial charge in [0, 0.05) is 11.8 Å². The van der Waals surface area contributed by atoms with Gasteiger partial charge in [-0.25, -0.2) is 9.97 Å². The van der Waals surface area contributed by atoms with Crippen molar-refractivity contribution in [2.75, 3.05) is 14.2 Å². The Labute approximate surface area is 167 Å². The average molecular weight is 427 g/mol. The van der Waals surface area contributed by atoms with Crippen LogP contribution in [0.3, 0.4) is 0 Å². The van der Waals surface area contributed by atoms with Crippen molar-refractivity contribution in [3.63, 3.8) is 0 Å². The van der Waals surface area contributed by atoms with Crippen LogP contribution >= 0.6 is 11.8 Å². The minimum absolute atomic E-state index is 0.145. The van der Waals surface area contributed by atoms with E-state index in [-0.39, 0.29) is 16.8 Å². The SMILES string of the molecule is COc1cccc(-c2nc(CSc3nc(C(F)(F)F)cc(=O)[nH]3)c(C)o2)c1OC. The average Bonchev–Trinajstić information content (AvgIpc) is 3.05. The quantitative estimate of drug-likeness (QED) is 0.469. The second-order valence-electron chi connectivity index (χ2n) is 5.79. The molecule has 0 bridgehead atoms. The van der Waals surface area contributed by atoms with E-state index in [1.807, 2.05) is 0 Å². The summed E-state index contributed by atoms with van der Waals surface area (Å²) in [6.45, 7) is 1.68. The Morgan fingerprint density at radius 1 is 1.21 bits per heavy atom. The zero-order valence-corrected chi connectivity index (χ0v) is 16.4. The van der Waals surface area contributed by atoms with Crippen molar-refractivity contribution in [1.82, 2.24) is 15.0 Å². The first-order valence-electron chi connectivity index (χ1n) is 8.22. The van der Waals surface area contributed by atoms with Crippen LogP contribution in [-0.4, -0.2) is 29.2 Å². The van der Waals surface area contributed by atoms with Gasteiger partial charge in [0.25, 0.3) is 5.56 Å². The maximum atomic E-state index is 12.8. The van der Waals surface area contributed by atoms with Crippen molar-refractivity contribution in [2.24, 2.45) is 0 Å². The summed E-state index contributed by atoms with van der Waals surface area (Å²) in [6.07, 6.45) is -4.70. The lowest BCUT2D eigenvalue weighted by molar-refractivity contribution is -0.141. The highest BCUT2D eigenvalue weighted by Gasteiger charge is 2.33. The van der Waals surface area contributed by atoms with Gasteiger partial charge in [-0.2, -0.15) is 13.2 Å². The lowest BCUT2D eigenvalue weighted by atomic mass is 10.2. The number of thioether (sulfide) groups is 1. The number of oxazole rings is 1. The summed E-state index contributed by atoms with van der Waals surface area (Å²) >= 11 is 0.913. The maximum absolute atomic E-state index is 12.8. The van der Waals surface area contributed by atoms with Gasteiger partial charge in [-0.1, -0.05) is 17.8 Å². The zero-order chi connectivity index (χ0) is 21.2. The Kier molecular flexibility index (Phi) is 5.87.